The molecule has 1 aliphatic heterocycles. The predicted molar refractivity (Wildman–Crippen MR) is 117 cm³/mol. The Hall–Kier alpha value is -3.19. The van der Waals surface area contributed by atoms with E-state index in [2.05, 4.69) is 20.2 Å². The molecule has 1 amide bonds. The molecule has 1 saturated heterocycles. The second kappa shape index (κ2) is 9.75. The normalized spacial score (nSPS) is 14.3. The fourth-order valence-electron chi connectivity index (χ4n) is 3.53. The molecule has 0 bridgehead atoms. The summed E-state index contributed by atoms with van der Waals surface area (Å²) in [5.41, 5.74) is 0.695. The molecule has 8 heteroatoms. The fraction of sp³-hybridized carbons (Fsp3) is 0.261. The number of anilines is 1. The third-order valence-electron chi connectivity index (χ3n) is 5.25. The minimum absolute atomic E-state index is 0.0178. The number of aromatic nitrogens is 2. The topological polar surface area (TPSA) is 67.4 Å². The van der Waals surface area contributed by atoms with Gasteiger partial charge in [0.15, 0.2) is 0 Å². The van der Waals surface area contributed by atoms with Crippen LogP contribution >= 0.6 is 11.6 Å². The number of ether oxygens (including phenoxy) is 1. The highest BCUT2D eigenvalue weighted by Crippen LogP contribution is 2.26. The van der Waals surface area contributed by atoms with E-state index in [1.165, 1.54) is 18.5 Å². The lowest BCUT2D eigenvalue weighted by molar-refractivity contribution is -0.125. The van der Waals surface area contributed by atoms with Crippen molar-refractivity contribution in [3.8, 4) is 11.6 Å². The van der Waals surface area contributed by atoms with Crippen molar-refractivity contribution in [2.75, 3.05) is 18.0 Å². The molecule has 0 unspecified atom stereocenters. The predicted octanol–water partition coefficient (Wildman–Crippen LogP) is 4.59. The van der Waals surface area contributed by atoms with Crippen molar-refractivity contribution < 1.29 is 13.9 Å². The molecule has 2 aromatic carbocycles. The van der Waals surface area contributed by atoms with E-state index in [4.69, 9.17) is 16.3 Å². The van der Waals surface area contributed by atoms with Gasteiger partial charge < -0.3 is 15.0 Å². The van der Waals surface area contributed by atoms with Gasteiger partial charge in [-0.1, -0.05) is 35.9 Å². The molecule has 0 spiro atoms. The zero-order chi connectivity index (χ0) is 21.6. The SMILES string of the molecule is O=C(NCc1ccc(F)cc1Cl)C1CCN(c2cc(Oc3ccccc3)ncn2)CC1. The first kappa shape index (κ1) is 21.1. The molecule has 1 aromatic heterocycles. The summed E-state index contributed by atoms with van der Waals surface area (Å²) in [6, 6.07) is 15.4. The quantitative estimate of drug-likeness (QED) is 0.607. The first-order valence-electron chi connectivity index (χ1n) is 10.1. The number of halogens is 2. The number of piperidine rings is 1. The van der Waals surface area contributed by atoms with Gasteiger partial charge in [-0.15, -0.1) is 0 Å². The molecule has 31 heavy (non-hydrogen) atoms. The molecule has 1 fully saturated rings. The first-order chi connectivity index (χ1) is 15.1. The Labute approximate surface area is 185 Å². The second-order valence-corrected chi connectivity index (χ2v) is 7.75. The Bertz CT molecular complexity index is 1040. The Morgan fingerprint density at radius 1 is 1.13 bits per heavy atom. The molecule has 2 heterocycles. The van der Waals surface area contributed by atoms with E-state index >= 15 is 0 Å². The molecule has 0 atom stereocenters. The van der Waals surface area contributed by atoms with Crippen molar-refractivity contribution in [1.29, 1.82) is 0 Å². The van der Waals surface area contributed by atoms with Crippen molar-refractivity contribution in [1.82, 2.24) is 15.3 Å². The van der Waals surface area contributed by atoms with Crippen LogP contribution in [0.4, 0.5) is 10.2 Å². The largest absolute Gasteiger partial charge is 0.439 e. The van der Waals surface area contributed by atoms with Crippen LogP contribution < -0.4 is 15.0 Å². The first-order valence-corrected chi connectivity index (χ1v) is 10.5. The van der Waals surface area contributed by atoms with Crippen molar-refractivity contribution in [2.45, 2.75) is 19.4 Å². The lowest BCUT2D eigenvalue weighted by Crippen LogP contribution is -2.40. The Kier molecular flexibility index (Phi) is 6.62. The van der Waals surface area contributed by atoms with E-state index in [0.717, 1.165) is 5.82 Å². The maximum Gasteiger partial charge on any atom is 0.224 e. The highest BCUT2D eigenvalue weighted by molar-refractivity contribution is 6.31. The summed E-state index contributed by atoms with van der Waals surface area (Å²) in [4.78, 5) is 23.2. The van der Waals surface area contributed by atoms with Crippen LogP contribution in [-0.4, -0.2) is 29.0 Å². The van der Waals surface area contributed by atoms with Gasteiger partial charge in [-0.2, -0.15) is 0 Å². The van der Waals surface area contributed by atoms with Gasteiger partial charge in [0.05, 0.1) is 0 Å². The van der Waals surface area contributed by atoms with Gasteiger partial charge in [0.2, 0.25) is 11.8 Å². The van der Waals surface area contributed by atoms with Crippen molar-refractivity contribution in [3.63, 3.8) is 0 Å². The second-order valence-electron chi connectivity index (χ2n) is 7.34. The van der Waals surface area contributed by atoms with Gasteiger partial charge >= 0.3 is 0 Å². The van der Waals surface area contributed by atoms with E-state index in [9.17, 15) is 9.18 Å². The maximum atomic E-state index is 13.2. The molecule has 1 aliphatic rings. The van der Waals surface area contributed by atoms with E-state index in [1.54, 1.807) is 6.07 Å². The van der Waals surface area contributed by atoms with Crippen LogP contribution in [0.3, 0.4) is 0 Å². The van der Waals surface area contributed by atoms with Crippen LogP contribution in [0.25, 0.3) is 0 Å². The number of nitrogens with one attached hydrogen (secondary N) is 1. The summed E-state index contributed by atoms with van der Waals surface area (Å²) < 4.78 is 18.9. The van der Waals surface area contributed by atoms with Crippen LogP contribution in [0.15, 0.2) is 60.9 Å². The standard InChI is InChI=1S/C23H22ClFN4O2/c24-20-12-18(25)7-6-17(20)14-26-23(30)16-8-10-29(11-9-16)21-13-22(28-15-27-21)31-19-4-2-1-3-5-19/h1-7,12-13,15-16H,8-11,14H2,(H,26,30). The minimum atomic E-state index is -0.394. The average molecular weight is 441 g/mol. The Balaban J connectivity index is 1.30. The number of nitrogens with zero attached hydrogens (tertiary/aromatic N) is 3. The number of benzene rings is 2. The molecule has 3 aromatic rings. The van der Waals surface area contributed by atoms with Gasteiger partial charge in [0.25, 0.3) is 0 Å². The summed E-state index contributed by atoms with van der Waals surface area (Å²) in [7, 11) is 0. The molecule has 0 saturated carbocycles. The summed E-state index contributed by atoms with van der Waals surface area (Å²) in [5, 5.41) is 3.22. The van der Waals surface area contributed by atoms with Gasteiger partial charge in [-0.25, -0.2) is 14.4 Å². The smallest absolute Gasteiger partial charge is 0.224 e. The Morgan fingerprint density at radius 2 is 1.90 bits per heavy atom. The average Bonchev–Trinajstić information content (AvgIpc) is 2.79. The van der Waals surface area contributed by atoms with E-state index in [1.807, 2.05) is 36.4 Å². The third-order valence-corrected chi connectivity index (χ3v) is 5.60. The van der Waals surface area contributed by atoms with Gasteiger partial charge in [0.1, 0.15) is 23.7 Å². The van der Waals surface area contributed by atoms with E-state index < -0.39 is 5.82 Å². The molecule has 0 aliphatic carbocycles. The highest BCUT2D eigenvalue weighted by Gasteiger charge is 2.26. The van der Waals surface area contributed by atoms with Gasteiger partial charge in [-0.3, -0.25) is 4.79 Å². The summed E-state index contributed by atoms with van der Waals surface area (Å²) in [6.45, 7) is 1.69. The van der Waals surface area contributed by atoms with Crippen LogP contribution in [0.1, 0.15) is 18.4 Å². The number of carbonyl (C=O) groups excluding carboxylic acids is 1. The van der Waals surface area contributed by atoms with Crippen molar-refractivity contribution >= 4 is 23.3 Å². The van der Waals surface area contributed by atoms with Crippen molar-refractivity contribution in [2.24, 2.45) is 5.92 Å². The molecule has 160 valence electrons. The lowest BCUT2D eigenvalue weighted by atomic mass is 9.96. The van der Waals surface area contributed by atoms with E-state index in [-0.39, 0.29) is 18.4 Å². The fourth-order valence-corrected chi connectivity index (χ4v) is 3.76. The summed E-state index contributed by atoms with van der Waals surface area (Å²) in [5.74, 6) is 1.47. The van der Waals surface area contributed by atoms with Crippen LogP contribution in [-0.2, 0) is 11.3 Å². The maximum absolute atomic E-state index is 13.2. The summed E-state index contributed by atoms with van der Waals surface area (Å²) in [6.07, 6.45) is 2.91. The molecule has 0 radical (unpaired) electrons. The van der Waals surface area contributed by atoms with Gasteiger partial charge in [0, 0.05) is 36.6 Å². The monoisotopic (exact) mass is 440 g/mol. The lowest BCUT2D eigenvalue weighted by Gasteiger charge is -2.32. The minimum Gasteiger partial charge on any atom is -0.439 e. The molecular weight excluding hydrogens is 419 g/mol. The van der Waals surface area contributed by atoms with Gasteiger partial charge in [-0.05, 0) is 42.7 Å². The zero-order valence-electron chi connectivity index (χ0n) is 16.8. The number of amides is 1. The third kappa shape index (κ3) is 5.49. The number of carbonyl (C=O) groups is 1. The number of hydrogen-bond acceptors (Lipinski definition) is 5. The zero-order valence-corrected chi connectivity index (χ0v) is 17.6. The molecule has 1 N–H and O–H groups in total. The Morgan fingerprint density at radius 3 is 2.65 bits per heavy atom. The number of hydrogen-bond donors (Lipinski definition) is 1. The number of para-hydroxylation sites is 1. The van der Waals surface area contributed by atoms with Crippen molar-refractivity contribution in [3.05, 3.63) is 77.3 Å². The van der Waals surface area contributed by atoms with Crippen LogP contribution in [0.5, 0.6) is 11.6 Å². The van der Waals surface area contributed by atoms with E-state index in [0.29, 0.717) is 48.1 Å². The van der Waals surface area contributed by atoms with Crippen LogP contribution in [0.2, 0.25) is 5.02 Å². The molecular formula is C23H22ClFN4O2. The molecule has 6 nitrogen and oxygen atoms in total. The highest BCUT2D eigenvalue weighted by atomic mass is 35.5. The number of rotatable bonds is 6. The summed E-state index contributed by atoms with van der Waals surface area (Å²) >= 11 is 6.03. The van der Waals surface area contributed by atoms with Crippen LogP contribution in [0, 0.1) is 11.7 Å². The molecule has 4 rings (SSSR count).